The average molecular weight is 426 g/mol. The molecule has 0 spiro atoms. The van der Waals surface area contributed by atoms with Crippen LogP contribution in [0.25, 0.3) is 0 Å². The summed E-state index contributed by atoms with van der Waals surface area (Å²) in [6.07, 6.45) is 1.55. The maximum atomic E-state index is 11.8. The lowest BCUT2D eigenvalue weighted by molar-refractivity contribution is -0.123. The molecule has 0 aromatic heterocycles. The molecule has 2 rings (SSSR count). The van der Waals surface area contributed by atoms with Gasteiger partial charge in [0, 0.05) is 5.02 Å². The summed E-state index contributed by atoms with van der Waals surface area (Å²) in [5.74, 6) is 0.962. The van der Waals surface area contributed by atoms with E-state index in [1.807, 2.05) is 38.1 Å². The van der Waals surface area contributed by atoms with E-state index in [4.69, 9.17) is 21.1 Å². The number of aryl methyl sites for hydroxylation is 1. The van der Waals surface area contributed by atoms with E-state index in [9.17, 15) is 4.79 Å². The molecule has 0 aliphatic heterocycles. The molecule has 0 saturated carbocycles. The molecule has 0 heterocycles. The highest BCUT2D eigenvalue weighted by Gasteiger charge is 2.12. The number of benzene rings is 2. The minimum atomic E-state index is -0.359. The first-order chi connectivity index (χ1) is 11.9. The van der Waals surface area contributed by atoms with Crippen LogP contribution in [0.5, 0.6) is 11.5 Å². The molecule has 0 fully saturated rings. The van der Waals surface area contributed by atoms with Crippen molar-refractivity contribution in [2.75, 3.05) is 13.7 Å². The second kappa shape index (κ2) is 8.87. The molecular weight excluding hydrogens is 408 g/mol. The molecule has 0 unspecified atom stereocenters. The van der Waals surface area contributed by atoms with E-state index in [-0.39, 0.29) is 12.5 Å². The first kappa shape index (κ1) is 19.3. The van der Waals surface area contributed by atoms with Gasteiger partial charge in [0.1, 0.15) is 11.5 Å². The van der Waals surface area contributed by atoms with Gasteiger partial charge in [0.2, 0.25) is 0 Å². The van der Waals surface area contributed by atoms with Crippen molar-refractivity contribution >= 4 is 39.7 Å². The zero-order chi connectivity index (χ0) is 18.4. The topological polar surface area (TPSA) is 59.9 Å². The summed E-state index contributed by atoms with van der Waals surface area (Å²) in [4.78, 5) is 11.8. The number of nitrogens with one attached hydrogen (secondary N) is 1. The maximum absolute atomic E-state index is 11.8. The summed E-state index contributed by atoms with van der Waals surface area (Å²) < 4.78 is 11.4. The summed E-state index contributed by atoms with van der Waals surface area (Å²) in [6, 6.07) is 9.08. The normalized spacial score (nSPS) is 10.8. The molecule has 0 aliphatic rings. The third-order valence-corrected chi connectivity index (χ3v) is 5.01. The van der Waals surface area contributed by atoms with Crippen LogP contribution in [0.2, 0.25) is 5.02 Å². The Hall–Kier alpha value is -2.05. The number of hydrazone groups is 1. The van der Waals surface area contributed by atoms with Crippen molar-refractivity contribution in [3.05, 3.63) is 56.5 Å². The van der Waals surface area contributed by atoms with Gasteiger partial charge in [-0.2, -0.15) is 5.10 Å². The Morgan fingerprint density at radius 3 is 2.64 bits per heavy atom. The van der Waals surface area contributed by atoms with Crippen molar-refractivity contribution in [2.45, 2.75) is 13.8 Å². The lowest BCUT2D eigenvalue weighted by Gasteiger charge is -2.12. The third-order valence-electron chi connectivity index (χ3n) is 3.45. The first-order valence-corrected chi connectivity index (χ1v) is 8.63. The molecule has 0 radical (unpaired) electrons. The van der Waals surface area contributed by atoms with Gasteiger partial charge in [-0.3, -0.25) is 4.79 Å². The lowest BCUT2D eigenvalue weighted by Crippen LogP contribution is -2.24. The summed E-state index contributed by atoms with van der Waals surface area (Å²) in [7, 11) is 1.60. The zero-order valence-electron chi connectivity index (χ0n) is 14.1. The van der Waals surface area contributed by atoms with Gasteiger partial charge in [-0.05, 0) is 76.8 Å². The van der Waals surface area contributed by atoms with Crippen molar-refractivity contribution in [1.29, 1.82) is 0 Å². The van der Waals surface area contributed by atoms with Crippen molar-refractivity contribution in [1.82, 2.24) is 5.43 Å². The van der Waals surface area contributed by atoms with Crippen molar-refractivity contribution in [2.24, 2.45) is 5.10 Å². The minimum absolute atomic E-state index is 0.154. The molecule has 0 saturated heterocycles. The van der Waals surface area contributed by atoms with Gasteiger partial charge in [0.05, 0.1) is 17.8 Å². The largest absolute Gasteiger partial charge is 0.497 e. The monoisotopic (exact) mass is 424 g/mol. The number of carbonyl (C=O) groups is 1. The molecule has 2 aromatic rings. The number of rotatable bonds is 6. The van der Waals surface area contributed by atoms with Gasteiger partial charge in [0.25, 0.3) is 5.91 Å². The molecule has 5 nitrogen and oxygen atoms in total. The van der Waals surface area contributed by atoms with Gasteiger partial charge in [-0.1, -0.05) is 11.6 Å². The Bertz CT molecular complexity index is 792. The van der Waals surface area contributed by atoms with Crippen LogP contribution >= 0.6 is 27.5 Å². The van der Waals surface area contributed by atoms with E-state index >= 15 is 0 Å². The molecule has 0 atom stereocenters. The predicted molar refractivity (Wildman–Crippen MR) is 103 cm³/mol. The standard InChI is InChI=1S/C18H18BrClN2O3/c1-11-8-15(17(19)12(2)18(11)20)25-10-16(23)22-21-9-13-4-6-14(24-3)7-5-13/h4-9H,10H2,1-3H3,(H,22,23)/b21-9+. The van der Waals surface area contributed by atoms with E-state index in [1.165, 1.54) is 0 Å². The number of hydrogen-bond donors (Lipinski definition) is 1. The fourth-order valence-corrected chi connectivity index (χ4v) is 2.74. The van der Waals surface area contributed by atoms with E-state index in [1.54, 1.807) is 19.4 Å². The van der Waals surface area contributed by atoms with E-state index in [0.29, 0.717) is 10.8 Å². The first-order valence-electron chi connectivity index (χ1n) is 7.46. The second-order valence-corrected chi connectivity index (χ2v) is 6.47. The van der Waals surface area contributed by atoms with Gasteiger partial charge in [-0.15, -0.1) is 0 Å². The lowest BCUT2D eigenvalue weighted by atomic mass is 10.1. The SMILES string of the molecule is COc1ccc(/C=N/NC(=O)COc2cc(C)c(Cl)c(C)c2Br)cc1. The van der Waals surface area contributed by atoms with Gasteiger partial charge < -0.3 is 9.47 Å². The number of hydrogen-bond acceptors (Lipinski definition) is 4. The van der Waals surface area contributed by atoms with Gasteiger partial charge >= 0.3 is 0 Å². The highest BCUT2D eigenvalue weighted by atomic mass is 79.9. The van der Waals surface area contributed by atoms with Crippen LogP contribution in [0, 0.1) is 13.8 Å². The molecule has 0 bridgehead atoms. The quantitative estimate of drug-likeness (QED) is 0.556. The Morgan fingerprint density at radius 2 is 2.00 bits per heavy atom. The third kappa shape index (κ3) is 5.21. The Balaban J connectivity index is 1.89. The molecule has 7 heteroatoms. The van der Waals surface area contributed by atoms with E-state index in [2.05, 4.69) is 26.5 Å². The number of amides is 1. The fraction of sp³-hybridized carbons (Fsp3) is 0.222. The Kier molecular flexibility index (Phi) is 6.84. The van der Waals surface area contributed by atoms with Gasteiger partial charge in [0.15, 0.2) is 6.61 Å². The average Bonchev–Trinajstić information content (AvgIpc) is 2.62. The molecule has 25 heavy (non-hydrogen) atoms. The van der Waals surface area contributed by atoms with Crippen LogP contribution in [0.3, 0.4) is 0 Å². The van der Waals surface area contributed by atoms with Crippen LogP contribution < -0.4 is 14.9 Å². The van der Waals surface area contributed by atoms with Crippen LogP contribution in [-0.4, -0.2) is 25.8 Å². The van der Waals surface area contributed by atoms with Crippen molar-refractivity contribution in [3.8, 4) is 11.5 Å². The summed E-state index contributed by atoms with van der Waals surface area (Å²) in [5.41, 5.74) is 5.02. The molecule has 1 N–H and O–H groups in total. The number of methoxy groups -OCH3 is 1. The van der Waals surface area contributed by atoms with Crippen LogP contribution in [-0.2, 0) is 4.79 Å². The zero-order valence-corrected chi connectivity index (χ0v) is 16.4. The molecule has 0 aliphatic carbocycles. The molecule has 2 aromatic carbocycles. The number of ether oxygens (including phenoxy) is 2. The summed E-state index contributed by atoms with van der Waals surface area (Å²) >= 11 is 9.60. The minimum Gasteiger partial charge on any atom is -0.497 e. The molecular formula is C18H18BrClN2O3. The maximum Gasteiger partial charge on any atom is 0.277 e. The Labute approximate surface area is 160 Å². The van der Waals surface area contributed by atoms with Crippen LogP contribution in [0.15, 0.2) is 39.9 Å². The number of carbonyl (C=O) groups excluding carboxylic acids is 1. The van der Waals surface area contributed by atoms with Crippen LogP contribution in [0.1, 0.15) is 16.7 Å². The number of nitrogens with zero attached hydrogens (tertiary/aromatic N) is 1. The summed E-state index contributed by atoms with van der Waals surface area (Å²) in [6.45, 7) is 3.61. The highest BCUT2D eigenvalue weighted by molar-refractivity contribution is 9.10. The number of halogens is 2. The predicted octanol–water partition coefficient (Wildman–Crippen LogP) is 4.26. The van der Waals surface area contributed by atoms with Crippen molar-refractivity contribution < 1.29 is 14.3 Å². The molecule has 132 valence electrons. The van der Waals surface area contributed by atoms with Gasteiger partial charge in [-0.25, -0.2) is 5.43 Å². The van der Waals surface area contributed by atoms with E-state index in [0.717, 1.165) is 26.9 Å². The van der Waals surface area contributed by atoms with E-state index < -0.39 is 0 Å². The fourth-order valence-electron chi connectivity index (χ4n) is 2.05. The smallest absolute Gasteiger partial charge is 0.277 e. The second-order valence-electron chi connectivity index (χ2n) is 5.30. The van der Waals surface area contributed by atoms with Crippen molar-refractivity contribution in [3.63, 3.8) is 0 Å². The Morgan fingerprint density at radius 1 is 1.32 bits per heavy atom. The molecule has 1 amide bonds. The highest BCUT2D eigenvalue weighted by Crippen LogP contribution is 2.35. The summed E-state index contributed by atoms with van der Waals surface area (Å²) in [5, 5.41) is 4.58. The van der Waals surface area contributed by atoms with Crippen LogP contribution in [0.4, 0.5) is 0 Å².